The van der Waals surface area contributed by atoms with Crippen molar-refractivity contribution in [2.24, 2.45) is 11.8 Å². The molecule has 0 spiro atoms. The lowest BCUT2D eigenvalue weighted by molar-refractivity contribution is 0.218. The molecule has 11 heteroatoms. The van der Waals surface area contributed by atoms with Gasteiger partial charge in [0.2, 0.25) is 5.13 Å². The summed E-state index contributed by atoms with van der Waals surface area (Å²) in [6.45, 7) is 5.78. The summed E-state index contributed by atoms with van der Waals surface area (Å²) >= 11 is 1.12. The van der Waals surface area contributed by atoms with Crippen molar-refractivity contribution < 1.29 is 12.4 Å². The maximum atomic E-state index is 12.6. The summed E-state index contributed by atoms with van der Waals surface area (Å²) in [5.74, 6) is 1.96. The zero-order chi connectivity index (χ0) is 22.7. The van der Waals surface area contributed by atoms with E-state index in [4.69, 9.17) is 4.74 Å². The van der Waals surface area contributed by atoms with E-state index in [9.17, 15) is 4.79 Å². The zero-order valence-corrected chi connectivity index (χ0v) is 19.7. The van der Waals surface area contributed by atoms with Crippen LogP contribution in [0.4, 0.5) is 15.7 Å². The predicted molar refractivity (Wildman–Crippen MR) is 130 cm³/mol. The fourth-order valence-electron chi connectivity index (χ4n) is 4.58. The molecule has 2 aliphatic rings. The average molecular weight is 463 g/mol. The average Bonchev–Trinajstić information content (AvgIpc) is 3.55. The SMILES string of the molecule is CCC.COc1nsc(NC(=O)N2C[C@H]3CC(N(C)c4ncnc5[nH]ccc45)C[C@H]3C2)n1.[HH].[HH]. The molecule has 1 aliphatic heterocycles. The second-order valence-corrected chi connectivity index (χ2v) is 9.07. The van der Waals surface area contributed by atoms with Gasteiger partial charge in [0, 0.05) is 46.8 Å². The Morgan fingerprint density at radius 2 is 2.06 bits per heavy atom. The second kappa shape index (κ2) is 9.68. The van der Waals surface area contributed by atoms with Crippen LogP contribution in [0, 0.1) is 11.8 Å². The van der Waals surface area contributed by atoms with Crippen LogP contribution in [0.2, 0.25) is 0 Å². The summed E-state index contributed by atoms with van der Waals surface area (Å²) in [6.07, 6.45) is 6.85. The van der Waals surface area contributed by atoms with Crippen LogP contribution in [-0.4, -0.2) is 68.5 Å². The third-order valence-electron chi connectivity index (χ3n) is 6.03. The normalized spacial score (nSPS) is 21.8. The summed E-state index contributed by atoms with van der Waals surface area (Å²) < 4.78 is 8.97. The van der Waals surface area contributed by atoms with E-state index in [1.807, 2.05) is 17.2 Å². The van der Waals surface area contributed by atoms with Crippen molar-refractivity contribution in [2.45, 2.75) is 39.2 Å². The molecule has 5 rings (SSSR count). The van der Waals surface area contributed by atoms with Crippen molar-refractivity contribution in [3.63, 3.8) is 0 Å². The molecule has 2 fully saturated rings. The number of likely N-dealkylation sites (tertiary alicyclic amines) is 1. The highest BCUT2D eigenvalue weighted by molar-refractivity contribution is 7.10. The number of methoxy groups -OCH3 is 1. The number of nitrogens with one attached hydrogen (secondary N) is 2. The minimum absolute atomic E-state index is 0. The third-order valence-corrected chi connectivity index (χ3v) is 6.65. The second-order valence-electron chi connectivity index (χ2n) is 8.32. The number of nitrogens with zero attached hydrogens (tertiary/aromatic N) is 6. The Kier molecular flexibility index (Phi) is 6.73. The Balaban J connectivity index is 0.000000778. The van der Waals surface area contributed by atoms with Gasteiger partial charge in [0.25, 0.3) is 0 Å². The van der Waals surface area contributed by atoms with E-state index in [1.165, 1.54) is 13.5 Å². The minimum Gasteiger partial charge on any atom is -0.466 e. The van der Waals surface area contributed by atoms with Gasteiger partial charge in [-0.2, -0.15) is 4.98 Å². The number of ether oxygens (including phenoxy) is 1. The number of rotatable bonds is 4. The van der Waals surface area contributed by atoms with Crippen molar-refractivity contribution in [1.82, 2.24) is 29.2 Å². The fraction of sp³-hybridized carbons (Fsp3) is 0.571. The first-order chi connectivity index (χ1) is 15.5. The molecule has 2 N–H and O–H groups in total. The summed E-state index contributed by atoms with van der Waals surface area (Å²) in [7, 11) is 3.61. The third kappa shape index (κ3) is 4.47. The quantitative estimate of drug-likeness (QED) is 0.600. The number of anilines is 2. The molecule has 0 bridgehead atoms. The maximum Gasteiger partial charge on any atom is 0.329 e. The minimum atomic E-state index is -0.118. The standard InChI is InChI=1S/C18H22N8O2S.C3H8.2H2/c1-25(15-13-3-4-19-14(13)20-9-21-15)12-5-10-7-26(8-11(10)6-12)18(27)23-17-22-16(28-2)24-29-17;1-3-2;;/h3-4,9-12H,5-8H2,1-2H3,(H,19,20,21)(H,22,23,24,27);3H2,1-2H3;2*1H/t10-,11+,12?;;;. The molecule has 0 radical (unpaired) electrons. The molecule has 1 aliphatic carbocycles. The highest BCUT2D eigenvalue weighted by Gasteiger charge is 2.44. The van der Waals surface area contributed by atoms with Crippen molar-refractivity contribution >= 4 is 39.5 Å². The van der Waals surface area contributed by atoms with Crippen LogP contribution in [-0.2, 0) is 0 Å². The fourth-order valence-corrected chi connectivity index (χ4v) is 5.11. The van der Waals surface area contributed by atoms with Crippen molar-refractivity contribution in [3.05, 3.63) is 18.6 Å². The molecule has 3 aromatic heterocycles. The van der Waals surface area contributed by atoms with Crippen LogP contribution < -0.4 is 15.0 Å². The van der Waals surface area contributed by atoms with E-state index in [-0.39, 0.29) is 14.9 Å². The Hall–Kier alpha value is -2.95. The molecule has 1 saturated heterocycles. The zero-order valence-electron chi connectivity index (χ0n) is 18.9. The van der Waals surface area contributed by atoms with Crippen LogP contribution in [0.5, 0.6) is 6.01 Å². The lowest BCUT2D eigenvalue weighted by Gasteiger charge is -2.27. The largest absolute Gasteiger partial charge is 0.466 e. The molecule has 1 unspecified atom stereocenters. The van der Waals surface area contributed by atoms with E-state index in [0.717, 1.165) is 54.3 Å². The molecule has 1 saturated carbocycles. The van der Waals surface area contributed by atoms with Gasteiger partial charge in [0.1, 0.15) is 17.8 Å². The monoisotopic (exact) mass is 462 g/mol. The van der Waals surface area contributed by atoms with Gasteiger partial charge in [-0.3, -0.25) is 5.32 Å². The van der Waals surface area contributed by atoms with E-state index in [1.54, 1.807) is 6.33 Å². The number of carbonyl (C=O) groups excluding carboxylic acids is 1. The first-order valence-electron chi connectivity index (χ1n) is 11.0. The molecule has 3 aromatic rings. The molecule has 0 aromatic carbocycles. The van der Waals surface area contributed by atoms with Gasteiger partial charge in [0.05, 0.1) is 12.5 Å². The first-order valence-corrected chi connectivity index (χ1v) is 11.8. The van der Waals surface area contributed by atoms with Gasteiger partial charge in [-0.25, -0.2) is 14.8 Å². The van der Waals surface area contributed by atoms with Crippen molar-refractivity contribution in [1.29, 1.82) is 0 Å². The van der Waals surface area contributed by atoms with Crippen LogP contribution >= 0.6 is 11.5 Å². The Labute approximate surface area is 194 Å². The van der Waals surface area contributed by atoms with Gasteiger partial charge in [0.15, 0.2) is 0 Å². The maximum absolute atomic E-state index is 12.6. The number of carbonyl (C=O) groups is 1. The number of hydrogen-bond donors (Lipinski definition) is 2. The van der Waals surface area contributed by atoms with Gasteiger partial charge in [-0.15, -0.1) is 4.37 Å². The van der Waals surface area contributed by atoms with Gasteiger partial charge in [-0.1, -0.05) is 20.3 Å². The summed E-state index contributed by atoms with van der Waals surface area (Å²) in [6, 6.07) is 2.59. The van der Waals surface area contributed by atoms with E-state index >= 15 is 0 Å². The molecular weight excluding hydrogens is 428 g/mol. The number of hydrogen-bond acceptors (Lipinski definition) is 8. The number of amides is 2. The first kappa shape index (κ1) is 22.3. The van der Waals surface area contributed by atoms with Gasteiger partial charge in [-0.05, 0) is 30.7 Å². The summed E-state index contributed by atoms with van der Waals surface area (Å²) in [5, 5.41) is 4.33. The van der Waals surface area contributed by atoms with Crippen LogP contribution in [0.1, 0.15) is 36.0 Å². The molecule has 3 atom stereocenters. The highest BCUT2D eigenvalue weighted by atomic mass is 32.1. The number of fused-ring (bicyclic) bond motifs is 2. The van der Waals surface area contributed by atoms with Gasteiger partial charge < -0.3 is 19.5 Å². The topological polar surface area (TPSA) is 112 Å². The summed E-state index contributed by atoms with van der Waals surface area (Å²) in [4.78, 5) is 32.8. The number of aromatic nitrogens is 5. The van der Waals surface area contributed by atoms with E-state index in [2.05, 4.69) is 55.4 Å². The van der Waals surface area contributed by atoms with Crippen LogP contribution in [0.15, 0.2) is 18.6 Å². The van der Waals surface area contributed by atoms with Crippen LogP contribution in [0.3, 0.4) is 0 Å². The Bertz CT molecular complexity index is 1050. The van der Waals surface area contributed by atoms with Crippen LogP contribution in [0.25, 0.3) is 11.0 Å². The van der Waals surface area contributed by atoms with E-state index in [0.29, 0.717) is 23.0 Å². The number of aromatic amines is 1. The predicted octanol–water partition coefficient (Wildman–Crippen LogP) is 4.11. The Morgan fingerprint density at radius 1 is 1.34 bits per heavy atom. The van der Waals surface area contributed by atoms with E-state index < -0.39 is 0 Å². The molecule has 10 nitrogen and oxygen atoms in total. The molecule has 2 amide bonds. The summed E-state index contributed by atoms with van der Waals surface area (Å²) in [5.41, 5.74) is 0.858. The molecular formula is C21H34N8O2S. The lowest BCUT2D eigenvalue weighted by atomic mass is 10.0. The van der Waals surface area contributed by atoms with Gasteiger partial charge >= 0.3 is 12.0 Å². The lowest BCUT2D eigenvalue weighted by Crippen LogP contribution is -2.36. The smallest absolute Gasteiger partial charge is 0.329 e. The number of H-pyrrole nitrogens is 1. The van der Waals surface area contributed by atoms with Crippen molar-refractivity contribution in [3.8, 4) is 6.01 Å². The molecule has 32 heavy (non-hydrogen) atoms. The highest BCUT2D eigenvalue weighted by Crippen LogP contribution is 2.41. The number of urea groups is 1. The Morgan fingerprint density at radius 3 is 2.72 bits per heavy atom. The van der Waals surface area contributed by atoms with Crippen molar-refractivity contribution in [2.75, 3.05) is 37.5 Å². The molecule has 4 heterocycles. The molecule has 176 valence electrons.